The Hall–Kier alpha value is -1.49. The van der Waals surface area contributed by atoms with Gasteiger partial charge in [0.05, 0.1) is 16.8 Å². The minimum Gasteiger partial charge on any atom is -0.270 e. The second-order valence-electron chi connectivity index (χ2n) is 4.70. The van der Waals surface area contributed by atoms with Gasteiger partial charge in [0.2, 0.25) is 0 Å². The maximum Gasteiger partial charge on any atom is 0.417 e. The Balaban J connectivity index is 2.29. The van der Waals surface area contributed by atoms with Gasteiger partial charge in [-0.15, -0.1) is 0 Å². The van der Waals surface area contributed by atoms with Crippen LogP contribution in [0.1, 0.15) is 36.6 Å². The fourth-order valence-electron chi connectivity index (χ4n) is 1.77. The Labute approximate surface area is 120 Å². The smallest absolute Gasteiger partial charge is 0.270 e. The van der Waals surface area contributed by atoms with Crippen LogP contribution in [0, 0.1) is 6.42 Å². The fraction of sp³-hybridized carbons (Fsp3) is 0.286. The lowest BCUT2D eigenvalue weighted by atomic mass is 10.0. The summed E-state index contributed by atoms with van der Waals surface area (Å²) in [5.41, 5.74) is 0.203. The van der Waals surface area contributed by atoms with Crippen molar-refractivity contribution in [3.05, 3.63) is 58.7 Å². The van der Waals surface area contributed by atoms with Gasteiger partial charge in [0.15, 0.2) is 0 Å². The molecule has 1 aromatic heterocycles. The number of hydrogen-bond acceptors (Lipinski definition) is 1. The zero-order chi connectivity index (χ0) is 14.9. The molecule has 1 heterocycles. The quantitative estimate of drug-likeness (QED) is 0.801. The molecule has 6 heteroatoms. The average Bonchev–Trinajstić information content (AvgIpc) is 2.79. The van der Waals surface area contributed by atoms with Gasteiger partial charge < -0.3 is 0 Å². The maximum atomic E-state index is 12.8. The molecule has 20 heavy (non-hydrogen) atoms. The van der Waals surface area contributed by atoms with E-state index < -0.39 is 11.7 Å². The summed E-state index contributed by atoms with van der Waals surface area (Å²) >= 11 is 5.83. The van der Waals surface area contributed by atoms with Gasteiger partial charge in [-0.2, -0.15) is 18.3 Å². The molecule has 2 rings (SSSR count). The standard InChI is InChI=1S/C14H13ClF3N2/c1-9(2)20-8-10(7-19-20)6-11-4-3-5-12(13(11)15)14(16,17)18/h3-9H,1-2H3. The molecule has 107 valence electrons. The highest BCUT2D eigenvalue weighted by molar-refractivity contribution is 6.32. The van der Waals surface area contributed by atoms with Crippen LogP contribution in [0.2, 0.25) is 5.02 Å². The van der Waals surface area contributed by atoms with E-state index in [-0.39, 0.29) is 11.1 Å². The SMILES string of the molecule is CC(C)n1cc([CH]c2cccc(C(F)(F)F)c2Cl)cn1. The summed E-state index contributed by atoms with van der Waals surface area (Å²) in [5.74, 6) is 0. The second kappa shape index (κ2) is 5.48. The van der Waals surface area contributed by atoms with Crippen LogP contribution in [-0.4, -0.2) is 9.78 Å². The van der Waals surface area contributed by atoms with E-state index in [0.717, 1.165) is 6.07 Å². The van der Waals surface area contributed by atoms with Crippen molar-refractivity contribution >= 4 is 11.6 Å². The summed E-state index contributed by atoms with van der Waals surface area (Å²) in [6.45, 7) is 3.93. The minimum absolute atomic E-state index is 0.189. The van der Waals surface area contributed by atoms with Crippen molar-refractivity contribution in [3.8, 4) is 0 Å². The van der Waals surface area contributed by atoms with Gasteiger partial charge in [-0.25, -0.2) is 0 Å². The third kappa shape index (κ3) is 3.15. The van der Waals surface area contributed by atoms with E-state index in [1.165, 1.54) is 6.07 Å². The number of nitrogens with zero attached hydrogens (tertiary/aromatic N) is 2. The number of aromatic nitrogens is 2. The molecule has 0 amide bonds. The average molecular weight is 302 g/mol. The van der Waals surface area contributed by atoms with Gasteiger partial charge in [-0.05, 0) is 31.0 Å². The van der Waals surface area contributed by atoms with Crippen LogP contribution in [0.5, 0.6) is 0 Å². The van der Waals surface area contributed by atoms with Crippen LogP contribution in [0.25, 0.3) is 0 Å². The number of alkyl halides is 3. The molecule has 0 fully saturated rings. The molecule has 0 bridgehead atoms. The molecule has 1 aromatic carbocycles. The molecule has 0 unspecified atom stereocenters. The zero-order valence-electron chi connectivity index (χ0n) is 10.9. The van der Waals surface area contributed by atoms with Crippen LogP contribution < -0.4 is 0 Å². The van der Waals surface area contributed by atoms with E-state index in [0.29, 0.717) is 11.1 Å². The van der Waals surface area contributed by atoms with Gasteiger partial charge in [0, 0.05) is 18.7 Å². The van der Waals surface area contributed by atoms with Crippen molar-refractivity contribution in [1.29, 1.82) is 0 Å². The monoisotopic (exact) mass is 301 g/mol. The topological polar surface area (TPSA) is 17.8 Å². The van der Waals surface area contributed by atoms with Gasteiger partial charge in [-0.3, -0.25) is 4.68 Å². The van der Waals surface area contributed by atoms with Crippen molar-refractivity contribution in [3.63, 3.8) is 0 Å². The molecule has 0 spiro atoms. The Morgan fingerprint density at radius 3 is 2.55 bits per heavy atom. The Kier molecular flexibility index (Phi) is 4.09. The van der Waals surface area contributed by atoms with Gasteiger partial charge in [0.1, 0.15) is 0 Å². The van der Waals surface area contributed by atoms with Crippen molar-refractivity contribution in [2.75, 3.05) is 0 Å². The third-order valence-corrected chi connectivity index (χ3v) is 3.23. The predicted octanol–water partition coefficient (Wildman–Crippen LogP) is 4.74. The number of hydrogen-bond donors (Lipinski definition) is 0. The summed E-state index contributed by atoms with van der Waals surface area (Å²) in [6.07, 6.45) is 0.490. The van der Waals surface area contributed by atoms with E-state index >= 15 is 0 Å². The van der Waals surface area contributed by atoms with Crippen LogP contribution >= 0.6 is 11.6 Å². The lowest BCUT2D eigenvalue weighted by molar-refractivity contribution is -0.137. The molecule has 2 aromatic rings. The fourth-order valence-corrected chi connectivity index (χ4v) is 2.06. The van der Waals surface area contributed by atoms with E-state index in [9.17, 15) is 13.2 Å². The first-order chi connectivity index (χ1) is 9.29. The van der Waals surface area contributed by atoms with Crippen molar-refractivity contribution in [1.82, 2.24) is 9.78 Å². The molecule has 0 atom stereocenters. The lowest BCUT2D eigenvalue weighted by Gasteiger charge is -2.11. The zero-order valence-corrected chi connectivity index (χ0v) is 11.7. The number of rotatable bonds is 3. The molecule has 2 nitrogen and oxygen atoms in total. The first kappa shape index (κ1) is 14.9. The van der Waals surface area contributed by atoms with Gasteiger partial charge >= 0.3 is 6.18 Å². The van der Waals surface area contributed by atoms with E-state index in [4.69, 9.17) is 11.6 Å². The third-order valence-electron chi connectivity index (χ3n) is 2.81. The highest BCUT2D eigenvalue weighted by atomic mass is 35.5. The Morgan fingerprint density at radius 2 is 2.00 bits per heavy atom. The first-order valence-corrected chi connectivity index (χ1v) is 6.41. The molecule has 0 saturated carbocycles. The van der Waals surface area contributed by atoms with Crippen molar-refractivity contribution in [2.24, 2.45) is 0 Å². The van der Waals surface area contributed by atoms with E-state index in [1.54, 1.807) is 29.6 Å². The number of benzene rings is 1. The molecular formula is C14H13ClF3N2. The summed E-state index contributed by atoms with van der Waals surface area (Å²) in [5, 5.41) is 3.84. The molecule has 0 aliphatic rings. The Bertz CT molecular complexity index is 603. The minimum atomic E-state index is -4.46. The first-order valence-electron chi connectivity index (χ1n) is 6.03. The lowest BCUT2D eigenvalue weighted by Crippen LogP contribution is -2.06. The summed E-state index contributed by atoms with van der Waals surface area (Å²) in [4.78, 5) is 0. The van der Waals surface area contributed by atoms with Crippen LogP contribution in [0.15, 0.2) is 30.6 Å². The largest absolute Gasteiger partial charge is 0.417 e. The summed E-state index contributed by atoms with van der Waals surface area (Å²) in [7, 11) is 0. The molecular weight excluding hydrogens is 289 g/mol. The van der Waals surface area contributed by atoms with Crippen molar-refractivity contribution < 1.29 is 13.2 Å². The summed E-state index contributed by atoms with van der Waals surface area (Å²) in [6, 6.07) is 4.05. The molecule has 0 aliphatic heterocycles. The number of halogens is 4. The molecule has 0 aliphatic carbocycles. The van der Waals surface area contributed by atoms with E-state index in [1.807, 2.05) is 13.8 Å². The molecule has 1 radical (unpaired) electrons. The van der Waals surface area contributed by atoms with Crippen LogP contribution in [-0.2, 0) is 6.18 Å². The van der Waals surface area contributed by atoms with Gasteiger partial charge in [-0.1, -0.05) is 23.7 Å². The van der Waals surface area contributed by atoms with E-state index in [2.05, 4.69) is 5.10 Å². The normalized spacial score (nSPS) is 12.2. The van der Waals surface area contributed by atoms with Crippen molar-refractivity contribution in [2.45, 2.75) is 26.1 Å². The predicted molar refractivity (Wildman–Crippen MR) is 71.6 cm³/mol. The molecule has 0 N–H and O–H groups in total. The Morgan fingerprint density at radius 1 is 1.30 bits per heavy atom. The van der Waals surface area contributed by atoms with Crippen LogP contribution in [0.3, 0.4) is 0 Å². The summed E-state index contributed by atoms with van der Waals surface area (Å²) < 4.78 is 40.0. The van der Waals surface area contributed by atoms with Gasteiger partial charge in [0.25, 0.3) is 0 Å². The van der Waals surface area contributed by atoms with Crippen LogP contribution in [0.4, 0.5) is 13.2 Å². The highest BCUT2D eigenvalue weighted by Gasteiger charge is 2.33. The molecule has 0 saturated heterocycles. The maximum absolute atomic E-state index is 12.8. The highest BCUT2D eigenvalue weighted by Crippen LogP contribution is 2.37. The second-order valence-corrected chi connectivity index (χ2v) is 5.08.